The first-order chi connectivity index (χ1) is 13.8. The molecule has 0 bridgehead atoms. The molecule has 0 radical (unpaired) electrons. The molecule has 0 aliphatic carbocycles. The van der Waals surface area contributed by atoms with Crippen LogP contribution in [0.4, 0.5) is 5.00 Å². The standard InChI is InChI=1S/C24H36BrNO2S/c1-8-13-16(6)19(20(27)14-9-2)15-18(10-3)22(28)21-17(7)24(29-23(21)25)26(11-4)12-5/h8,13,18H,9-12,14-15H2,1-7H3. The minimum absolute atomic E-state index is 0.140. The van der Waals surface area contributed by atoms with E-state index >= 15 is 0 Å². The maximum absolute atomic E-state index is 13.5. The van der Waals surface area contributed by atoms with Crippen LogP contribution in [0.5, 0.6) is 0 Å². The van der Waals surface area contributed by atoms with Crippen LogP contribution in [0.1, 0.15) is 83.1 Å². The number of carbonyl (C=O) groups excluding carboxylic acids is 2. The van der Waals surface area contributed by atoms with Gasteiger partial charge in [-0.2, -0.15) is 0 Å². The number of hydrogen-bond donors (Lipinski definition) is 0. The van der Waals surface area contributed by atoms with E-state index in [1.165, 1.54) is 0 Å². The van der Waals surface area contributed by atoms with Crippen LogP contribution in [-0.4, -0.2) is 24.7 Å². The van der Waals surface area contributed by atoms with E-state index in [0.29, 0.717) is 19.3 Å². The SMILES string of the molecule is CC=CC(C)=C(CC(CC)C(=O)c1c(Br)sc(N(CC)CC)c1C)C(=O)CCC. The lowest BCUT2D eigenvalue weighted by Crippen LogP contribution is -2.22. The van der Waals surface area contributed by atoms with Gasteiger partial charge in [-0.05, 0) is 86.5 Å². The molecule has 0 aliphatic rings. The first kappa shape index (κ1) is 25.8. The van der Waals surface area contributed by atoms with Crippen molar-refractivity contribution >= 4 is 43.8 Å². The minimum atomic E-state index is -0.194. The zero-order valence-electron chi connectivity index (χ0n) is 19.0. The van der Waals surface area contributed by atoms with Gasteiger partial charge in [0.05, 0.1) is 8.79 Å². The molecule has 1 aromatic heterocycles. The Bertz CT molecular complexity index is 772. The highest BCUT2D eigenvalue weighted by molar-refractivity contribution is 9.11. The van der Waals surface area contributed by atoms with Crippen LogP contribution in [0.15, 0.2) is 27.1 Å². The largest absolute Gasteiger partial charge is 0.364 e. The van der Waals surface area contributed by atoms with Crippen LogP contribution < -0.4 is 4.90 Å². The van der Waals surface area contributed by atoms with Gasteiger partial charge in [0.25, 0.3) is 0 Å². The Morgan fingerprint density at radius 3 is 2.28 bits per heavy atom. The molecule has 1 rings (SSSR count). The first-order valence-electron chi connectivity index (χ1n) is 10.7. The van der Waals surface area contributed by atoms with Gasteiger partial charge in [-0.25, -0.2) is 0 Å². The summed E-state index contributed by atoms with van der Waals surface area (Å²) in [4.78, 5) is 28.6. The fraction of sp³-hybridized carbons (Fsp3) is 0.583. The van der Waals surface area contributed by atoms with Gasteiger partial charge in [0.1, 0.15) is 0 Å². The smallest absolute Gasteiger partial charge is 0.168 e. The highest BCUT2D eigenvalue weighted by Gasteiger charge is 2.29. The molecule has 1 unspecified atom stereocenters. The molecular weight excluding hydrogens is 446 g/mol. The molecule has 1 atom stereocenters. The summed E-state index contributed by atoms with van der Waals surface area (Å²) in [7, 11) is 0. The van der Waals surface area contributed by atoms with E-state index in [1.54, 1.807) is 11.3 Å². The number of allylic oxidation sites excluding steroid dienone is 4. The second-order valence-electron chi connectivity index (χ2n) is 7.36. The van der Waals surface area contributed by atoms with Crippen LogP contribution in [0, 0.1) is 12.8 Å². The summed E-state index contributed by atoms with van der Waals surface area (Å²) in [5.41, 5.74) is 3.61. The van der Waals surface area contributed by atoms with Gasteiger partial charge in [-0.3, -0.25) is 9.59 Å². The van der Waals surface area contributed by atoms with Gasteiger partial charge in [0.15, 0.2) is 11.6 Å². The average molecular weight is 483 g/mol. The Hall–Kier alpha value is -1.20. The number of hydrogen-bond acceptors (Lipinski definition) is 4. The van der Waals surface area contributed by atoms with E-state index in [-0.39, 0.29) is 17.5 Å². The summed E-state index contributed by atoms with van der Waals surface area (Å²) >= 11 is 5.28. The zero-order valence-corrected chi connectivity index (χ0v) is 21.4. The maximum atomic E-state index is 13.5. The van der Waals surface area contributed by atoms with Gasteiger partial charge in [0, 0.05) is 31.0 Å². The number of rotatable bonds is 12. The Kier molecular flexibility index (Phi) is 11.1. The molecule has 1 heterocycles. The highest BCUT2D eigenvalue weighted by atomic mass is 79.9. The van der Waals surface area contributed by atoms with Crippen molar-refractivity contribution in [1.82, 2.24) is 0 Å². The lowest BCUT2D eigenvalue weighted by atomic mass is 9.85. The van der Waals surface area contributed by atoms with E-state index in [0.717, 1.165) is 50.6 Å². The molecule has 162 valence electrons. The van der Waals surface area contributed by atoms with Crippen LogP contribution in [-0.2, 0) is 4.79 Å². The molecule has 0 N–H and O–H groups in total. The number of halogens is 1. The average Bonchev–Trinajstić information content (AvgIpc) is 2.97. The second kappa shape index (κ2) is 12.5. The molecule has 29 heavy (non-hydrogen) atoms. The molecule has 3 nitrogen and oxygen atoms in total. The number of anilines is 1. The fourth-order valence-corrected chi connectivity index (χ4v) is 5.78. The number of Topliss-reactive ketones (excluding diaryl/α,β-unsaturated/α-hetero) is 2. The molecule has 0 spiro atoms. The molecule has 1 aromatic rings. The Morgan fingerprint density at radius 1 is 1.17 bits per heavy atom. The fourth-order valence-electron chi connectivity index (χ4n) is 3.66. The molecule has 0 saturated heterocycles. The number of nitrogens with zero attached hydrogens (tertiary/aromatic N) is 1. The third kappa shape index (κ3) is 6.39. The van der Waals surface area contributed by atoms with Crippen molar-refractivity contribution in [1.29, 1.82) is 0 Å². The third-order valence-corrected chi connectivity index (χ3v) is 7.42. The molecule has 0 aliphatic heterocycles. The predicted octanol–water partition coefficient (Wildman–Crippen LogP) is 7.53. The third-order valence-electron chi connectivity index (χ3n) is 5.40. The summed E-state index contributed by atoms with van der Waals surface area (Å²) in [5.74, 6) is 0.112. The lowest BCUT2D eigenvalue weighted by molar-refractivity contribution is -0.115. The summed E-state index contributed by atoms with van der Waals surface area (Å²) in [6.07, 6.45) is 6.50. The second-order valence-corrected chi connectivity index (χ2v) is 9.68. The number of thiophene rings is 1. The maximum Gasteiger partial charge on any atom is 0.168 e. The molecule has 0 saturated carbocycles. The minimum Gasteiger partial charge on any atom is -0.364 e. The van der Waals surface area contributed by atoms with Crippen molar-refractivity contribution in [3.8, 4) is 0 Å². The van der Waals surface area contributed by atoms with E-state index in [4.69, 9.17) is 0 Å². The van der Waals surface area contributed by atoms with Gasteiger partial charge in [-0.15, -0.1) is 11.3 Å². The summed E-state index contributed by atoms with van der Waals surface area (Å²) in [6, 6.07) is 0. The first-order valence-corrected chi connectivity index (χ1v) is 12.3. The quantitative estimate of drug-likeness (QED) is 0.176. The summed E-state index contributed by atoms with van der Waals surface area (Å²) < 4.78 is 0.899. The van der Waals surface area contributed by atoms with Crippen molar-refractivity contribution in [2.45, 2.75) is 74.1 Å². The van der Waals surface area contributed by atoms with Crippen molar-refractivity contribution in [2.75, 3.05) is 18.0 Å². The zero-order chi connectivity index (χ0) is 22.1. The van der Waals surface area contributed by atoms with Crippen molar-refractivity contribution in [3.63, 3.8) is 0 Å². The Morgan fingerprint density at radius 2 is 1.79 bits per heavy atom. The van der Waals surface area contributed by atoms with Gasteiger partial charge in [-0.1, -0.05) is 26.0 Å². The molecule has 5 heteroatoms. The normalized spacial score (nSPS) is 13.5. The summed E-state index contributed by atoms with van der Waals surface area (Å²) in [5, 5.41) is 1.16. The van der Waals surface area contributed by atoms with E-state index in [9.17, 15) is 9.59 Å². The Labute approximate surface area is 189 Å². The summed E-state index contributed by atoms with van der Waals surface area (Å²) in [6.45, 7) is 16.1. The van der Waals surface area contributed by atoms with Crippen LogP contribution in [0.25, 0.3) is 0 Å². The lowest BCUT2D eigenvalue weighted by Gasteiger charge is -2.21. The van der Waals surface area contributed by atoms with Crippen molar-refractivity contribution in [2.24, 2.45) is 5.92 Å². The molecular formula is C24H36BrNO2S. The predicted molar refractivity (Wildman–Crippen MR) is 130 cm³/mol. The van der Waals surface area contributed by atoms with Crippen LogP contribution in [0.2, 0.25) is 0 Å². The molecule has 0 aromatic carbocycles. The molecule has 0 fully saturated rings. The molecule has 0 amide bonds. The topological polar surface area (TPSA) is 37.4 Å². The van der Waals surface area contributed by atoms with Gasteiger partial charge in [0.2, 0.25) is 0 Å². The Balaban J connectivity index is 3.32. The van der Waals surface area contributed by atoms with Crippen molar-refractivity contribution < 1.29 is 9.59 Å². The van der Waals surface area contributed by atoms with E-state index in [1.807, 2.05) is 46.8 Å². The van der Waals surface area contributed by atoms with E-state index in [2.05, 4.69) is 34.7 Å². The van der Waals surface area contributed by atoms with Crippen molar-refractivity contribution in [3.05, 3.63) is 38.2 Å². The van der Waals surface area contributed by atoms with Crippen LogP contribution in [0.3, 0.4) is 0 Å². The highest BCUT2D eigenvalue weighted by Crippen LogP contribution is 2.41. The van der Waals surface area contributed by atoms with E-state index < -0.39 is 0 Å². The van der Waals surface area contributed by atoms with Crippen LogP contribution >= 0.6 is 27.3 Å². The number of ketones is 2. The van der Waals surface area contributed by atoms with Gasteiger partial charge >= 0.3 is 0 Å². The number of carbonyl (C=O) groups is 2. The monoisotopic (exact) mass is 481 g/mol. The van der Waals surface area contributed by atoms with Gasteiger partial charge < -0.3 is 4.90 Å².